The molecule has 0 bridgehead atoms. The van der Waals surface area contributed by atoms with Gasteiger partial charge >= 0.3 is 5.00 Å². The van der Waals surface area contributed by atoms with Crippen molar-refractivity contribution in [3.05, 3.63) is 49.7 Å². The summed E-state index contributed by atoms with van der Waals surface area (Å²) in [5.74, 6) is -0.384. The van der Waals surface area contributed by atoms with E-state index in [1.54, 1.807) is 6.07 Å². The molecule has 0 aromatic carbocycles. The third-order valence-corrected chi connectivity index (χ3v) is 5.04. The lowest BCUT2D eigenvalue weighted by molar-refractivity contribution is -0.380. The van der Waals surface area contributed by atoms with Crippen LogP contribution in [0.1, 0.15) is 36.8 Å². The van der Waals surface area contributed by atoms with Crippen LogP contribution in [-0.2, 0) is 10.2 Å². The predicted octanol–water partition coefficient (Wildman–Crippen LogP) is 4.54. The van der Waals surface area contributed by atoms with Crippen molar-refractivity contribution >= 4 is 44.7 Å². The number of amides is 1. The highest BCUT2D eigenvalue weighted by Gasteiger charge is 2.22. The first-order valence-corrected chi connectivity index (χ1v) is 8.67. The molecule has 1 amide bonds. The number of nitrogens with one attached hydrogen (secondary N) is 1. The van der Waals surface area contributed by atoms with Crippen molar-refractivity contribution in [1.29, 1.82) is 5.26 Å². The summed E-state index contributed by atoms with van der Waals surface area (Å²) in [6.45, 7) is 6.02. The van der Waals surface area contributed by atoms with Crippen molar-refractivity contribution in [3.63, 3.8) is 0 Å². The fourth-order valence-electron chi connectivity index (χ4n) is 1.95. The summed E-state index contributed by atoms with van der Waals surface area (Å²) in [6.07, 6.45) is 2.81. The van der Waals surface area contributed by atoms with Crippen molar-refractivity contribution in [2.24, 2.45) is 0 Å². The molecule has 0 aliphatic carbocycles. The SMILES string of the molecule is CC(C)(C)c1csc(NC(=O)/C=C/c2ccc([N+](=O)[O-])s2)c1C#N. The first-order chi connectivity index (χ1) is 11.2. The van der Waals surface area contributed by atoms with E-state index in [1.165, 1.54) is 29.6 Å². The Morgan fingerprint density at radius 3 is 2.67 bits per heavy atom. The van der Waals surface area contributed by atoms with E-state index in [-0.39, 0.29) is 16.3 Å². The summed E-state index contributed by atoms with van der Waals surface area (Å²) < 4.78 is 0. The van der Waals surface area contributed by atoms with E-state index in [2.05, 4.69) is 11.4 Å². The molecule has 2 aromatic rings. The van der Waals surface area contributed by atoms with Crippen LogP contribution in [0.5, 0.6) is 0 Å². The number of hydrogen-bond acceptors (Lipinski definition) is 6. The standard InChI is InChI=1S/C16H15N3O3S2/c1-16(2,3)12-9-23-15(11(12)8-17)18-13(20)6-4-10-5-7-14(24-10)19(21)22/h4-7,9H,1-3H3,(H,18,20)/b6-4+. The molecule has 2 rings (SSSR count). The highest BCUT2D eigenvalue weighted by molar-refractivity contribution is 7.16. The molecule has 6 nitrogen and oxygen atoms in total. The van der Waals surface area contributed by atoms with Crippen molar-refractivity contribution in [3.8, 4) is 6.07 Å². The van der Waals surface area contributed by atoms with Gasteiger partial charge in [-0.25, -0.2) is 0 Å². The molecule has 0 saturated carbocycles. The van der Waals surface area contributed by atoms with E-state index in [0.717, 1.165) is 16.9 Å². The average molecular weight is 361 g/mol. The third-order valence-electron chi connectivity index (χ3n) is 3.14. The van der Waals surface area contributed by atoms with Crippen molar-refractivity contribution < 1.29 is 9.72 Å². The van der Waals surface area contributed by atoms with Gasteiger partial charge < -0.3 is 5.32 Å². The van der Waals surface area contributed by atoms with Crippen LogP contribution in [-0.4, -0.2) is 10.8 Å². The van der Waals surface area contributed by atoms with E-state index in [9.17, 15) is 20.2 Å². The van der Waals surface area contributed by atoms with E-state index in [0.29, 0.717) is 15.4 Å². The molecule has 0 saturated heterocycles. The Labute approximate surface area is 147 Å². The Kier molecular flexibility index (Phi) is 5.17. The molecule has 2 heterocycles. The number of hydrogen-bond donors (Lipinski definition) is 1. The lowest BCUT2D eigenvalue weighted by Crippen LogP contribution is -2.13. The highest BCUT2D eigenvalue weighted by Crippen LogP contribution is 2.35. The molecule has 0 radical (unpaired) electrons. The normalized spacial score (nSPS) is 11.4. The Balaban J connectivity index is 2.12. The monoisotopic (exact) mass is 361 g/mol. The largest absolute Gasteiger partial charge is 0.324 e. The molecule has 0 aliphatic heterocycles. The molecular formula is C16H15N3O3S2. The second-order valence-electron chi connectivity index (χ2n) is 5.97. The van der Waals surface area contributed by atoms with E-state index in [4.69, 9.17) is 0 Å². The smallest absolute Gasteiger partial charge is 0.313 e. The van der Waals surface area contributed by atoms with Crippen LogP contribution in [0.15, 0.2) is 23.6 Å². The highest BCUT2D eigenvalue weighted by atomic mass is 32.1. The molecule has 124 valence electrons. The van der Waals surface area contributed by atoms with Gasteiger partial charge in [0.05, 0.1) is 10.5 Å². The molecule has 0 aliphatic rings. The van der Waals surface area contributed by atoms with E-state index < -0.39 is 4.92 Å². The van der Waals surface area contributed by atoms with Gasteiger partial charge in [-0.3, -0.25) is 14.9 Å². The quantitative estimate of drug-likeness (QED) is 0.491. The van der Waals surface area contributed by atoms with Crippen LogP contribution in [0.4, 0.5) is 10.0 Å². The summed E-state index contributed by atoms with van der Waals surface area (Å²) in [4.78, 5) is 22.8. The summed E-state index contributed by atoms with van der Waals surface area (Å²) in [7, 11) is 0. The topological polar surface area (TPSA) is 96.0 Å². The van der Waals surface area contributed by atoms with Crippen LogP contribution in [0, 0.1) is 21.4 Å². The fraction of sp³-hybridized carbons (Fsp3) is 0.250. The van der Waals surface area contributed by atoms with Gasteiger partial charge in [0.15, 0.2) is 0 Å². The second kappa shape index (κ2) is 6.95. The van der Waals surface area contributed by atoms with Crippen LogP contribution in [0.3, 0.4) is 0 Å². The molecule has 2 aromatic heterocycles. The zero-order valence-corrected chi connectivity index (χ0v) is 15.0. The maximum Gasteiger partial charge on any atom is 0.324 e. The minimum atomic E-state index is -0.471. The lowest BCUT2D eigenvalue weighted by Gasteiger charge is -2.17. The number of nitrogens with zero attached hydrogens (tertiary/aromatic N) is 2. The Morgan fingerprint density at radius 2 is 2.12 bits per heavy atom. The predicted molar refractivity (Wildman–Crippen MR) is 96.4 cm³/mol. The minimum Gasteiger partial charge on any atom is -0.313 e. The Bertz CT molecular complexity index is 851. The number of nitro groups is 1. The van der Waals surface area contributed by atoms with Crippen molar-refractivity contribution in [2.75, 3.05) is 5.32 Å². The van der Waals surface area contributed by atoms with Gasteiger partial charge in [0.2, 0.25) is 5.91 Å². The molecule has 24 heavy (non-hydrogen) atoms. The van der Waals surface area contributed by atoms with Gasteiger partial charge in [0.25, 0.3) is 0 Å². The zero-order chi connectivity index (χ0) is 17.9. The average Bonchev–Trinajstić information content (AvgIpc) is 3.10. The molecule has 0 atom stereocenters. The minimum absolute atomic E-state index is 0.0231. The number of thiophene rings is 2. The van der Waals surface area contributed by atoms with Gasteiger partial charge in [-0.15, -0.1) is 11.3 Å². The van der Waals surface area contributed by atoms with Gasteiger partial charge in [0.1, 0.15) is 11.1 Å². The van der Waals surface area contributed by atoms with Gasteiger partial charge in [-0.2, -0.15) is 5.26 Å². The molecule has 0 fully saturated rings. The molecule has 0 spiro atoms. The summed E-state index contributed by atoms with van der Waals surface area (Å²) in [6, 6.07) is 5.12. The summed E-state index contributed by atoms with van der Waals surface area (Å²) >= 11 is 2.30. The molecular weight excluding hydrogens is 346 g/mol. The van der Waals surface area contributed by atoms with E-state index in [1.807, 2.05) is 26.2 Å². The number of carbonyl (C=O) groups excluding carboxylic acids is 1. The molecule has 1 N–H and O–H groups in total. The zero-order valence-electron chi connectivity index (χ0n) is 13.3. The second-order valence-corrected chi connectivity index (χ2v) is 7.94. The van der Waals surface area contributed by atoms with Gasteiger partial charge in [-0.1, -0.05) is 32.1 Å². The first kappa shape index (κ1) is 17.8. The molecule has 8 heteroatoms. The maximum absolute atomic E-state index is 12.0. The fourth-order valence-corrected chi connectivity index (χ4v) is 3.82. The van der Waals surface area contributed by atoms with Gasteiger partial charge in [-0.05, 0) is 28.5 Å². The van der Waals surface area contributed by atoms with Crippen LogP contribution < -0.4 is 5.32 Å². The van der Waals surface area contributed by atoms with E-state index >= 15 is 0 Å². The number of rotatable bonds is 4. The maximum atomic E-state index is 12.0. The number of anilines is 1. The van der Waals surface area contributed by atoms with Crippen molar-refractivity contribution in [2.45, 2.75) is 26.2 Å². The third kappa shape index (κ3) is 4.07. The summed E-state index contributed by atoms with van der Waals surface area (Å²) in [5, 5.41) is 25.1. The number of nitriles is 1. The summed E-state index contributed by atoms with van der Waals surface area (Å²) in [5.41, 5.74) is 1.18. The van der Waals surface area contributed by atoms with Crippen LogP contribution in [0.2, 0.25) is 0 Å². The van der Waals surface area contributed by atoms with Crippen molar-refractivity contribution in [1.82, 2.24) is 0 Å². The van der Waals surface area contributed by atoms with Crippen LogP contribution in [0.25, 0.3) is 6.08 Å². The molecule has 0 unspecified atom stereocenters. The Morgan fingerprint density at radius 1 is 1.42 bits per heavy atom. The first-order valence-electron chi connectivity index (χ1n) is 6.97. The lowest BCUT2D eigenvalue weighted by atomic mass is 9.86. The Hall–Kier alpha value is -2.50. The number of carbonyl (C=O) groups is 1. The van der Waals surface area contributed by atoms with Crippen LogP contribution >= 0.6 is 22.7 Å². The van der Waals surface area contributed by atoms with Gasteiger partial charge in [0, 0.05) is 17.0 Å².